The topological polar surface area (TPSA) is 80.5 Å². The van der Waals surface area contributed by atoms with Crippen molar-refractivity contribution in [2.45, 2.75) is 13.5 Å². The van der Waals surface area contributed by atoms with E-state index in [-0.39, 0.29) is 17.3 Å². The van der Waals surface area contributed by atoms with E-state index in [2.05, 4.69) is 15.0 Å². The highest BCUT2D eigenvalue weighted by molar-refractivity contribution is 6.30. The van der Waals surface area contributed by atoms with Gasteiger partial charge in [0.05, 0.1) is 12.2 Å². The molecule has 2 rings (SSSR count). The van der Waals surface area contributed by atoms with Gasteiger partial charge in [-0.1, -0.05) is 17.7 Å². The van der Waals surface area contributed by atoms with Crippen molar-refractivity contribution < 1.29 is 36.9 Å². The molecule has 154 valence electrons. The molecule has 2 aromatic rings. The van der Waals surface area contributed by atoms with E-state index in [4.69, 9.17) is 16.3 Å². The van der Waals surface area contributed by atoms with Crippen LogP contribution >= 0.6 is 11.6 Å². The molecule has 0 aliphatic rings. The molecule has 6 nitrogen and oxygen atoms in total. The number of hydrogen-bond donors (Lipinski definition) is 1. The fourth-order valence-electron chi connectivity index (χ4n) is 2.10. The maximum Gasteiger partial charge on any atom is 0.387 e. The molecule has 0 spiro atoms. The van der Waals surface area contributed by atoms with E-state index in [1.165, 1.54) is 13.0 Å². The average Bonchev–Trinajstić information content (AvgIpc) is 2.63. The van der Waals surface area contributed by atoms with Crippen LogP contribution in [0.5, 0.6) is 5.75 Å². The SMILES string of the molecule is CCOC(=O)C(N=Nc1ccc(Cl)cc1F)=C(O)c1c(F)cccc1OC(F)F. The van der Waals surface area contributed by atoms with Crippen LogP contribution in [0.2, 0.25) is 5.02 Å². The molecule has 29 heavy (non-hydrogen) atoms. The number of hydrogen-bond acceptors (Lipinski definition) is 6. The molecule has 0 saturated heterocycles. The van der Waals surface area contributed by atoms with Gasteiger partial charge >= 0.3 is 12.6 Å². The number of carbonyl (C=O) groups is 1. The predicted octanol–water partition coefficient (Wildman–Crippen LogP) is 5.79. The van der Waals surface area contributed by atoms with Crippen LogP contribution < -0.4 is 4.74 Å². The number of carbonyl (C=O) groups excluding carboxylic acids is 1. The van der Waals surface area contributed by atoms with Gasteiger partial charge in [0, 0.05) is 5.02 Å². The maximum atomic E-state index is 14.2. The molecule has 0 radical (unpaired) electrons. The lowest BCUT2D eigenvalue weighted by Crippen LogP contribution is -2.11. The standard InChI is InChI=1S/C18H13ClF4N2O4/c1-2-28-17(27)15(25-24-12-7-6-9(19)8-11(12)21)16(26)14-10(20)4-3-5-13(14)29-18(22)23/h3-8,18,26H,2H2,1H3. The van der Waals surface area contributed by atoms with E-state index in [0.717, 1.165) is 30.3 Å². The Hall–Kier alpha value is -3.14. The van der Waals surface area contributed by atoms with E-state index in [1.807, 2.05) is 0 Å². The van der Waals surface area contributed by atoms with Crippen molar-refractivity contribution in [3.05, 3.63) is 64.3 Å². The van der Waals surface area contributed by atoms with Gasteiger partial charge in [-0.05, 0) is 37.3 Å². The Labute approximate surface area is 167 Å². The number of esters is 1. The summed E-state index contributed by atoms with van der Waals surface area (Å²) >= 11 is 5.63. The minimum Gasteiger partial charge on any atom is -0.505 e. The summed E-state index contributed by atoms with van der Waals surface area (Å²) in [5.74, 6) is -5.27. The summed E-state index contributed by atoms with van der Waals surface area (Å²) in [7, 11) is 0. The van der Waals surface area contributed by atoms with Gasteiger partial charge in [-0.25, -0.2) is 13.6 Å². The first-order chi connectivity index (χ1) is 13.7. The van der Waals surface area contributed by atoms with E-state index >= 15 is 0 Å². The fraction of sp³-hybridized carbons (Fsp3) is 0.167. The van der Waals surface area contributed by atoms with Crippen LogP contribution in [0.1, 0.15) is 12.5 Å². The third-order valence-corrected chi connectivity index (χ3v) is 3.52. The predicted molar refractivity (Wildman–Crippen MR) is 95.1 cm³/mol. The van der Waals surface area contributed by atoms with Crippen LogP contribution in [0.4, 0.5) is 23.2 Å². The van der Waals surface area contributed by atoms with E-state index in [9.17, 15) is 27.5 Å². The summed E-state index contributed by atoms with van der Waals surface area (Å²) in [5.41, 5.74) is -2.18. The summed E-state index contributed by atoms with van der Waals surface area (Å²) in [6.07, 6.45) is 0. The third-order valence-electron chi connectivity index (χ3n) is 3.29. The summed E-state index contributed by atoms with van der Waals surface area (Å²) in [5, 5.41) is 17.4. The average molecular weight is 433 g/mol. The molecule has 0 unspecified atom stereocenters. The molecule has 1 N–H and O–H groups in total. The van der Waals surface area contributed by atoms with Crippen molar-refractivity contribution in [3.8, 4) is 5.75 Å². The van der Waals surface area contributed by atoms with Crippen molar-refractivity contribution >= 4 is 29.0 Å². The van der Waals surface area contributed by atoms with E-state index < -0.39 is 47.0 Å². The zero-order valence-electron chi connectivity index (χ0n) is 14.7. The normalized spacial score (nSPS) is 12.2. The number of halogens is 5. The van der Waals surface area contributed by atoms with Crippen LogP contribution in [0.25, 0.3) is 5.76 Å². The first-order valence-corrected chi connectivity index (χ1v) is 8.33. The molecular weight excluding hydrogens is 420 g/mol. The van der Waals surface area contributed by atoms with Crippen molar-refractivity contribution in [1.29, 1.82) is 0 Å². The van der Waals surface area contributed by atoms with Gasteiger partial charge in [-0.15, -0.1) is 10.2 Å². The highest BCUT2D eigenvalue weighted by atomic mass is 35.5. The van der Waals surface area contributed by atoms with Gasteiger partial charge in [0.15, 0.2) is 11.6 Å². The van der Waals surface area contributed by atoms with Crippen molar-refractivity contribution in [2.24, 2.45) is 10.2 Å². The van der Waals surface area contributed by atoms with Crippen LogP contribution in [0, 0.1) is 11.6 Å². The molecule has 0 heterocycles. The molecule has 0 atom stereocenters. The molecule has 0 fully saturated rings. The molecule has 0 aromatic heterocycles. The summed E-state index contributed by atoms with van der Waals surface area (Å²) in [4.78, 5) is 12.1. The quantitative estimate of drug-likeness (QED) is 0.197. The zero-order valence-corrected chi connectivity index (χ0v) is 15.5. The Morgan fingerprint density at radius 1 is 1.21 bits per heavy atom. The lowest BCUT2D eigenvalue weighted by atomic mass is 10.1. The fourth-order valence-corrected chi connectivity index (χ4v) is 2.26. The van der Waals surface area contributed by atoms with Crippen LogP contribution in [0.15, 0.2) is 52.3 Å². The van der Waals surface area contributed by atoms with Crippen LogP contribution in [0.3, 0.4) is 0 Å². The molecule has 2 aromatic carbocycles. The van der Waals surface area contributed by atoms with Gasteiger partial charge < -0.3 is 14.6 Å². The second-order valence-corrected chi connectivity index (χ2v) is 5.64. The lowest BCUT2D eigenvalue weighted by Gasteiger charge is -2.12. The highest BCUT2D eigenvalue weighted by Gasteiger charge is 2.25. The smallest absolute Gasteiger partial charge is 0.387 e. The lowest BCUT2D eigenvalue weighted by molar-refractivity contribution is -0.138. The maximum absolute atomic E-state index is 14.2. The minimum atomic E-state index is -3.33. The Morgan fingerprint density at radius 2 is 1.93 bits per heavy atom. The Balaban J connectivity index is 2.61. The highest BCUT2D eigenvalue weighted by Crippen LogP contribution is 2.32. The van der Waals surface area contributed by atoms with Gasteiger partial charge in [-0.3, -0.25) is 0 Å². The summed E-state index contributed by atoms with van der Waals surface area (Å²) in [6.45, 7) is -2.05. The molecule has 0 aliphatic heterocycles. The molecule has 0 saturated carbocycles. The first kappa shape index (κ1) is 22.2. The molecule has 0 aliphatic carbocycles. The van der Waals surface area contributed by atoms with Crippen molar-refractivity contribution in [2.75, 3.05) is 6.61 Å². The Kier molecular flexibility index (Phi) is 7.54. The number of rotatable bonds is 7. The van der Waals surface area contributed by atoms with Crippen LogP contribution in [-0.4, -0.2) is 24.3 Å². The number of aliphatic hydroxyl groups is 1. The zero-order chi connectivity index (χ0) is 21.6. The first-order valence-electron chi connectivity index (χ1n) is 7.95. The van der Waals surface area contributed by atoms with Gasteiger partial charge in [0.1, 0.15) is 17.3 Å². The van der Waals surface area contributed by atoms with E-state index in [1.54, 1.807) is 0 Å². The van der Waals surface area contributed by atoms with E-state index in [0.29, 0.717) is 0 Å². The number of benzene rings is 2. The number of nitrogens with zero attached hydrogens (tertiary/aromatic N) is 2. The molecule has 0 bridgehead atoms. The monoisotopic (exact) mass is 432 g/mol. The minimum absolute atomic E-state index is 0.0746. The number of azo groups is 1. The van der Waals surface area contributed by atoms with Crippen molar-refractivity contribution in [1.82, 2.24) is 0 Å². The number of ether oxygens (including phenoxy) is 2. The van der Waals surface area contributed by atoms with Crippen LogP contribution in [-0.2, 0) is 9.53 Å². The van der Waals surface area contributed by atoms with Gasteiger partial charge in [0.25, 0.3) is 0 Å². The summed E-state index contributed by atoms with van der Waals surface area (Å²) in [6, 6.07) is 6.18. The largest absolute Gasteiger partial charge is 0.505 e. The molecular formula is C18H13ClF4N2O4. The second kappa shape index (κ2) is 9.87. The Bertz CT molecular complexity index is 967. The molecule has 0 amide bonds. The number of aliphatic hydroxyl groups excluding tert-OH is 1. The summed E-state index contributed by atoms with van der Waals surface area (Å²) < 4.78 is 62.1. The number of alkyl halides is 2. The Morgan fingerprint density at radius 3 is 2.55 bits per heavy atom. The van der Waals surface area contributed by atoms with Crippen molar-refractivity contribution in [3.63, 3.8) is 0 Å². The van der Waals surface area contributed by atoms with Gasteiger partial charge in [-0.2, -0.15) is 8.78 Å². The second-order valence-electron chi connectivity index (χ2n) is 5.20. The molecule has 11 heteroatoms. The van der Waals surface area contributed by atoms with Gasteiger partial charge in [0.2, 0.25) is 5.70 Å². The third kappa shape index (κ3) is 5.67.